The van der Waals surface area contributed by atoms with E-state index in [0.29, 0.717) is 27.8 Å². The Bertz CT molecular complexity index is 691. The molecule has 6 nitrogen and oxygen atoms in total. The quantitative estimate of drug-likeness (QED) is 0.916. The number of rotatable bonds is 5. The summed E-state index contributed by atoms with van der Waals surface area (Å²) in [4.78, 5) is 16.4. The fraction of sp³-hybridized carbons (Fsp3) is 0.200. The monoisotopic (exact) mass is 322 g/mol. The van der Waals surface area contributed by atoms with Crippen LogP contribution in [0.25, 0.3) is 0 Å². The van der Waals surface area contributed by atoms with Gasteiger partial charge < -0.3 is 19.5 Å². The van der Waals surface area contributed by atoms with E-state index in [2.05, 4.69) is 10.3 Å². The predicted molar refractivity (Wildman–Crippen MR) is 83.3 cm³/mol. The van der Waals surface area contributed by atoms with Crippen molar-refractivity contribution in [3.05, 3.63) is 41.0 Å². The lowest BCUT2D eigenvalue weighted by Gasteiger charge is -2.13. The van der Waals surface area contributed by atoms with Crippen molar-refractivity contribution in [2.75, 3.05) is 26.6 Å². The maximum Gasteiger partial charge on any atom is 0.261 e. The second-order valence-corrected chi connectivity index (χ2v) is 4.61. The number of anilines is 1. The molecule has 2 rings (SSSR count). The molecular weight excluding hydrogens is 308 g/mol. The fourth-order valence-electron chi connectivity index (χ4n) is 1.87. The van der Waals surface area contributed by atoms with Gasteiger partial charge >= 0.3 is 0 Å². The summed E-state index contributed by atoms with van der Waals surface area (Å²) in [7, 11) is 4.44. The third kappa shape index (κ3) is 3.23. The number of pyridine rings is 1. The van der Waals surface area contributed by atoms with Crippen LogP contribution in [0.1, 0.15) is 10.4 Å². The number of hydrogen-bond acceptors (Lipinski definition) is 5. The summed E-state index contributed by atoms with van der Waals surface area (Å²) in [6, 6.07) is 6.41. The zero-order valence-corrected chi connectivity index (χ0v) is 13.1. The van der Waals surface area contributed by atoms with Crippen LogP contribution in [0.3, 0.4) is 0 Å². The molecule has 1 amide bonds. The van der Waals surface area contributed by atoms with E-state index >= 15 is 0 Å². The Labute approximate surface area is 133 Å². The van der Waals surface area contributed by atoms with Gasteiger partial charge in [-0.1, -0.05) is 11.6 Å². The van der Waals surface area contributed by atoms with E-state index < -0.39 is 0 Å². The van der Waals surface area contributed by atoms with Gasteiger partial charge in [-0.3, -0.25) is 4.79 Å². The van der Waals surface area contributed by atoms with Crippen molar-refractivity contribution in [3.8, 4) is 17.4 Å². The molecule has 0 aliphatic rings. The van der Waals surface area contributed by atoms with E-state index in [1.165, 1.54) is 21.3 Å². The van der Waals surface area contributed by atoms with E-state index in [0.717, 1.165) is 0 Å². The minimum Gasteiger partial charge on any atom is -0.495 e. The van der Waals surface area contributed by atoms with Gasteiger partial charge in [-0.05, 0) is 18.2 Å². The smallest absolute Gasteiger partial charge is 0.261 e. The van der Waals surface area contributed by atoms with Gasteiger partial charge in [0.25, 0.3) is 5.91 Å². The molecule has 2 aromatic rings. The minimum atomic E-state index is -0.385. The zero-order valence-electron chi connectivity index (χ0n) is 12.3. The highest BCUT2D eigenvalue weighted by molar-refractivity contribution is 6.32. The van der Waals surface area contributed by atoms with Crippen molar-refractivity contribution in [1.82, 2.24) is 4.98 Å². The summed E-state index contributed by atoms with van der Waals surface area (Å²) >= 11 is 6.08. The molecule has 22 heavy (non-hydrogen) atoms. The van der Waals surface area contributed by atoms with Crippen LogP contribution in [0.4, 0.5) is 5.69 Å². The Balaban J connectivity index is 2.34. The normalized spacial score (nSPS) is 10.0. The van der Waals surface area contributed by atoms with E-state index in [1.54, 1.807) is 30.5 Å². The Hall–Kier alpha value is -2.47. The lowest BCUT2D eigenvalue weighted by Crippen LogP contribution is -2.14. The molecule has 116 valence electrons. The lowest BCUT2D eigenvalue weighted by molar-refractivity contribution is 0.102. The predicted octanol–water partition coefficient (Wildman–Crippen LogP) is 3.01. The number of benzene rings is 1. The molecule has 0 unspecified atom stereocenters. The third-order valence-electron chi connectivity index (χ3n) is 2.93. The average molecular weight is 323 g/mol. The topological polar surface area (TPSA) is 69.7 Å². The van der Waals surface area contributed by atoms with Crippen LogP contribution in [0, 0.1) is 0 Å². The first-order valence-electron chi connectivity index (χ1n) is 6.32. The van der Waals surface area contributed by atoms with Gasteiger partial charge in [0.2, 0.25) is 5.88 Å². The number of aromatic nitrogens is 1. The van der Waals surface area contributed by atoms with Gasteiger partial charge in [0.05, 0.1) is 32.0 Å². The highest BCUT2D eigenvalue weighted by Gasteiger charge is 2.16. The fourth-order valence-corrected chi connectivity index (χ4v) is 2.11. The van der Waals surface area contributed by atoms with Crippen molar-refractivity contribution in [1.29, 1.82) is 0 Å². The van der Waals surface area contributed by atoms with E-state index in [9.17, 15) is 4.79 Å². The second-order valence-electron chi connectivity index (χ2n) is 4.20. The SMILES string of the molecule is COc1cc(OC)c(NC(=O)c2cccnc2OC)cc1Cl. The van der Waals surface area contributed by atoms with E-state index in [4.69, 9.17) is 25.8 Å². The first-order valence-corrected chi connectivity index (χ1v) is 6.70. The first-order chi connectivity index (χ1) is 10.6. The Morgan fingerprint density at radius 2 is 1.86 bits per heavy atom. The van der Waals surface area contributed by atoms with Crippen molar-refractivity contribution in [2.24, 2.45) is 0 Å². The molecule has 0 saturated heterocycles. The Morgan fingerprint density at radius 3 is 2.50 bits per heavy atom. The van der Waals surface area contributed by atoms with Crippen molar-refractivity contribution in [3.63, 3.8) is 0 Å². The Kier molecular flexibility index (Phi) is 5.06. The van der Waals surface area contributed by atoms with Crippen LogP contribution in [-0.4, -0.2) is 32.2 Å². The average Bonchev–Trinajstić information content (AvgIpc) is 2.55. The number of hydrogen-bond donors (Lipinski definition) is 1. The molecule has 0 radical (unpaired) electrons. The van der Waals surface area contributed by atoms with Gasteiger partial charge in [-0.15, -0.1) is 0 Å². The molecule has 1 aromatic carbocycles. The summed E-state index contributed by atoms with van der Waals surface area (Å²) in [6.07, 6.45) is 1.54. The van der Waals surface area contributed by atoms with Crippen molar-refractivity contribution in [2.45, 2.75) is 0 Å². The number of ether oxygens (including phenoxy) is 3. The summed E-state index contributed by atoms with van der Waals surface area (Å²) in [6.45, 7) is 0. The molecular formula is C15H15ClN2O4. The van der Waals surface area contributed by atoms with Gasteiger partial charge in [-0.2, -0.15) is 0 Å². The first kappa shape index (κ1) is 15.9. The molecule has 7 heteroatoms. The zero-order chi connectivity index (χ0) is 16.1. The maximum atomic E-state index is 12.4. The van der Waals surface area contributed by atoms with Gasteiger partial charge in [0, 0.05) is 12.3 Å². The van der Waals surface area contributed by atoms with Crippen LogP contribution in [-0.2, 0) is 0 Å². The number of carbonyl (C=O) groups is 1. The number of nitrogens with one attached hydrogen (secondary N) is 1. The van der Waals surface area contributed by atoms with Crippen molar-refractivity contribution >= 4 is 23.2 Å². The number of amides is 1. The van der Waals surface area contributed by atoms with Crippen LogP contribution in [0.15, 0.2) is 30.5 Å². The minimum absolute atomic E-state index is 0.235. The number of methoxy groups -OCH3 is 3. The maximum absolute atomic E-state index is 12.4. The molecule has 0 atom stereocenters. The standard InChI is InChI=1S/C15H15ClN2O4/c1-20-12-8-13(21-2)11(7-10(12)16)18-14(19)9-5-4-6-17-15(9)22-3/h4-8H,1-3H3,(H,18,19). The number of nitrogens with zero attached hydrogens (tertiary/aromatic N) is 1. The van der Waals surface area contributed by atoms with E-state index in [-0.39, 0.29) is 11.8 Å². The second kappa shape index (κ2) is 7.00. The third-order valence-corrected chi connectivity index (χ3v) is 3.23. The van der Waals surface area contributed by atoms with Gasteiger partial charge in [-0.25, -0.2) is 4.98 Å². The Morgan fingerprint density at radius 1 is 1.14 bits per heavy atom. The number of carbonyl (C=O) groups excluding carboxylic acids is 1. The van der Waals surface area contributed by atoms with Crippen LogP contribution in [0.2, 0.25) is 5.02 Å². The summed E-state index contributed by atoms with van der Waals surface area (Å²) in [5.41, 5.74) is 0.725. The summed E-state index contributed by atoms with van der Waals surface area (Å²) < 4.78 is 15.4. The molecule has 0 fully saturated rings. The van der Waals surface area contributed by atoms with Crippen LogP contribution >= 0.6 is 11.6 Å². The highest BCUT2D eigenvalue weighted by Crippen LogP contribution is 2.36. The lowest BCUT2D eigenvalue weighted by atomic mass is 10.2. The highest BCUT2D eigenvalue weighted by atomic mass is 35.5. The molecule has 1 N–H and O–H groups in total. The van der Waals surface area contributed by atoms with Gasteiger partial charge in [0.15, 0.2) is 0 Å². The molecule has 0 saturated carbocycles. The number of halogens is 1. The van der Waals surface area contributed by atoms with E-state index in [1.807, 2.05) is 0 Å². The van der Waals surface area contributed by atoms with Crippen LogP contribution < -0.4 is 19.5 Å². The van der Waals surface area contributed by atoms with Crippen molar-refractivity contribution < 1.29 is 19.0 Å². The largest absolute Gasteiger partial charge is 0.495 e. The molecule has 1 aromatic heterocycles. The van der Waals surface area contributed by atoms with Crippen LogP contribution in [0.5, 0.6) is 17.4 Å². The van der Waals surface area contributed by atoms with Gasteiger partial charge in [0.1, 0.15) is 17.1 Å². The summed E-state index contributed by atoms with van der Waals surface area (Å²) in [5.74, 6) is 0.732. The molecule has 0 spiro atoms. The molecule has 0 bridgehead atoms. The summed E-state index contributed by atoms with van der Waals surface area (Å²) in [5, 5.41) is 3.08. The molecule has 0 aliphatic carbocycles. The molecule has 1 heterocycles. The molecule has 0 aliphatic heterocycles.